The first-order chi connectivity index (χ1) is 12.5. The van der Waals surface area contributed by atoms with Gasteiger partial charge in [-0.15, -0.1) is 24.0 Å². The summed E-state index contributed by atoms with van der Waals surface area (Å²) in [6.07, 6.45) is 0. The second kappa shape index (κ2) is 12.5. The van der Waals surface area contributed by atoms with Crippen LogP contribution in [0.4, 0.5) is 8.78 Å². The van der Waals surface area contributed by atoms with Crippen LogP contribution < -0.4 is 10.6 Å². The van der Waals surface area contributed by atoms with Crippen LogP contribution in [0.25, 0.3) is 0 Å². The Morgan fingerprint density at radius 3 is 2.56 bits per heavy atom. The second-order valence-electron chi connectivity index (χ2n) is 6.77. The molecule has 0 amide bonds. The third kappa shape index (κ3) is 7.87. The van der Waals surface area contributed by atoms with Gasteiger partial charge in [-0.1, -0.05) is 13.8 Å². The van der Waals surface area contributed by atoms with Gasteiger partial charge in [0.05, 0.1) is 19.8 Å². The van der Waals surface area contributed by atoms with Crippen LogP contribution in [0, 0.1) is 17.6 Å². The summed E-state index contributed by atoms with van der Waals surface area (Å²) in [4.78, 5) is 6.83. The Labute approximate surface area is 178 Å². The minimum atomic E-state index is -0.457. The Bertz CT molecular complexity index is 595. The number of nitrogens with zero attached hydrogens (tertiary/aromatic N) is 2. The van der Waals surface area contributed by atoms with E-state index in [1.807, 2.05) is 6.92 Å². The van der Waals surface area contributed by atoms with Crippen LogP contribution in [0.2, 0.25) is 0 Å². The van der Waals surface area contributed by atoms with E-state index in [9.17, 15) is 8.78 Å². The fourth-order valence-corrected chi connectivity index (χ4v) is 3.07. The maximum absolute atomic E-state index is 13.8. The Balaban J connectivity index is 0.00000364. The molecule has 0 saturated carbocycles. The molecule has 1 saturated heterocycles. The minimum absolute atomic E-state index is 0. The summed E-state index contributed by atoms with van der Waals surface area (Å²) < 4.78 is 32.5. The molecule has 1 aliphatic rings. The number of nitrogens with one attached hydrogen (secondary N) is 2. The molecule has 1 fully saturated rings. The van der Waals surface area contributed by atoms with Crippen molar-refractivity contribution >= 4 is 29.9 Å². The molecule has 0 spiro atoms. The number of benzene rings is 1. The van der Waals surface area contributed by atoms with E-state index in [4.69, 9.17) is 4.74 Å². The molecule has 1 aromatic rings. The normalized spacial score (nSPS) is 16.7. The summed E-state index contributed by atoms with van der Waals surface area (Å²) in [6, 6.07) is 3.79. The fraction of sp³-hybridized carbons (Fsp3) is 0.632. The van der Waals surface area contributed by atoms with Gasteiger partial charge in [-0.3, -0.25) is 4.90 Å². The van der Waals surface area contributed by atoms with Crippen LogP contribution in [-0.2, 0) is 11.3 Å². The van der Waals surface area contributed by atoms with Crippen molar-refractivity contribution in [2.24, 2.45) is 10.9 Å². The molecule has 2 N–H and O–H groups in total. The van der Waals surface area contributed by atoms with E-state index in [1.54, 1.807) is 0 Å². The van der Waals surface area contributed by atoms with Gasteiger partial charge in [0.2, 0.25) is 0 Å². The molecule has 0 aliphatic carbocycles. The average molecular weight is 496 g/mol. The fourth-order valence-electron chi connectivity index (χ4n) is 3.07. The summed E-state index contributed by atoms with van der Waals surface area (Å²) in [7, 11) is 0. The van der Waals surface area contributed by atoms with Crippen molar-refractivity contribution in [1.29, 1.82) is 0 Å². The van der Waals surface area contributed by atoms with Gasteiger partial charge in [0, 0.05) is 37.8 Å². The van der Waals surface area contributed by atoms with Gasteiger partial charge in [0.1, 0.15) is 11.6 Å². The van der Waals surface area contributed by atoms with E-state index in [1.165, 1.54) is 6.07 Å². The smallest absolute Gasteiger partial charge is 0.191 e. The zero-order valence-corrected chi connectivity index (χ0v) is 18.6. The maximum Gasteiger partial charge on any atom is 0.191 e. The molecular formula is C19H31F2IN4O. The zero-order valence-electron chi connectivity index (χ0n) is 16.3. The van der Waals surface area contributed by atoms with E-state index >= 15 is 0 Å². The Kier molecular flexibility index (Phi) is 11.1. The van der Waals surface area contributed by atoms with Crippen molar-refractivity contribution < 1.29 is 13.5 Å². The molecule has 27 heavy (non-hydrogen) atoms. The number of hydrogen-bond donors (Lipinski definition) is 2. The Morgan fingerprint density at radius 2 is 1.93 bits per heavy atom. The van der Waals surface area contributed by atoms with Crippen molar-refractivity contribution in [2.75, 3.05) is 39.4 Å². The van der Waals surface area contributed by atoms with Gasteiger partial charge in [-0.2, -0.15) is 0 Å². The lowest BCUT2D eigenvalue weighted by Crippen LogP contribution is -2.52. The molecule has 5 nitrogen and oxygen atoms in total. The molecule has 1 aromatic carbocycles. The lowest BCUT2D eigenvalue weighted by molar-refractivity contribution is 0.00752. The summed E-state index contributed by atoms with van der Waals surface area (Å²) >= 11 is 0. The molecule has 0 aromatic heterocycles. The van der Waals surface area contributed by atoms with E-state index in [0.29, 0.717) is 24.5 Å². The Morgan fingerprint density at radius 1 is 1.22 bits per heavy atom. The number of hydrogen-bond acceptors (Lipinski definition) is 3. The molecule has 0 bridgehead atoms. The van der Waals surface area contributed by atoms with E-state index < -0.39 is 11.6 Å². The number of morpholine rings is 1. The number of aliphatic imine (C=N–C) groups is 1. The van der Waals surface area contributed by atoms with Crippen molar-refractivity contribution in [3.05, 3.63) is 35.4 Å². The van der Waals surface area contributed by atoms with E-state index in [0.717, 1.165) is 45.0 Å². The van der Waals surface area contributed by atoms with Crippen LogP contribution in [0.3, 0.4) is 0 Å². The van der Waals surface area contributed by atoms with Gasteiger partial charge in [-0.05, 0) is 31.0 Å². The molecule has 0 radical (unpaired) electrons. The van der Waals surface area contributed by atoms with Crippen molar-refractivity contribution in [3.8, 4) is 0 Å². The Hall–Kier alpha value is -1.00. The monoisotopic (exact) mass is 496 g/mol. The largest absolute Gasteiger partial charge is 0.379 e. The van der Waals surface area contributed by atoms with Crippen LogP contribution in [-0.4, -0.2) is 56.3 Å². The van der Waals surface area contributed by atoms with Crippen molar-refractivity contribution in [3.63, 3.8) is 0 Å². The SMILES string of the molecule is CCNC(=NCc1cc(F)ccc1F)NCC(C(C)C)N1CCOCC1.I. The summed E-state index contributed by atoms with van der Waals surface area (Å²) in [5.41, 5.74) is 0.246. The summed E-state index contributed by atoms with van der Waals surface area (Å²) in [6.45, 7) is 11.3. The minimum Gasteiger partial charge on any atom is -0.379 e. The first-order valence-corrected chi connectivity index (χ1v) is 9.29. The summed E-state index contributed by atoms with van der Waals surface area (Å²) in [5.74, 6) is 0.181. The predicted molar refractivity (Wildman–Crippen MR) is 116 cm³/mol. The molecule has 1 aliphatic heterocycles. The lowest BCUT2D eigenvalue weighted by atomic mass is 10.0. The third-order valence-corrected chi connectivity index (χ3v) is 4.52. The number of guanidine groups is 1. The highest BCUT2D eigenvalue weighted by atomic mass is 127. The highest BCUT2D eigenvalue weighted by Crippen LogP contribution is 2.13. The highest BCUT2D eigenvalue weighted by Gasteiger charge is 2.23. The van der Waals surface area contributed by atoms with Crippen molar-refractivity contribution in [1.82, 2.24) is 15.5 Å². The third-order valence-electron chi connectivity index (χ3n) is 4.52. The van der Waals surface area contributed by atoms with Crippen LogP contribution >= 0.6 is 24.0 Å². The van der Waals surface area contributed by atoms with Crippen LogP contribution in [0.1, 0.15) is 26.3 Å². The molecule has 1 heterocycles. The van der Waals surface area contributed by atoms with Gasteiger partial charge in [0.15, 0.2) is 5.96 Å². The molecule has 1 unspecified atom stereocenters. The van der Waals surface area contributed by atoms with E-state index in [-0.39, 0.29) is 36.1 Å². The molecular weight excluding hydrogens is 465 g/mol. The van der Waals surface area contributed by atoms with Gasteiger partial charge < -0.3 is 15.4 Å². The standard InChI is InChI=1S/C19H30F2N4O.HI/c1-4-22-19(23-12-15-11-16(20)5-6-17(15)21)24-13-18(14(2)3)25-7-9-26-10-8-25;/h5-6,11,14,18H,4,7-10,12-13H2,1-3H3,(H2,22,23,24);1H. The summed E-state index contributed by atoms with van der Waals surface area (Å²) in [5, 5.41) is 6.51. The first-order valence-electron chi connectivity index (χ1n) is 9.29. The van der Waals surface area contributed by atoms with Crippen LogP contribution in [0.15, 0.2) is 23.2 Å². The van der Waals surface area contributed by atoms with Gasteiger partial charge in [0.25, 0.3) is 0 Å². The molecule has 2 rings (SSSR count). The molecule has 1 atom stereocenters. The van der Waals surface area contributed by atoms with Crippen LogP contribution in [0.5, 0.6) is 0 Å². The predicted octanol–water partition coefficient (Wildman–Crippen LogP) is 2.99. The quantitative estimate of drug-likeness (QED) is 0.346. The zero-order chi connectivity index (χ0) is 18.9. The number of ether oxygens (including phenoxy) is 1. The molecule has 154 valence electrons. The average Bonchev–Trinajstić information content (AvgIpc) is 2.63. The first kappa shape index (κ1) is 24.0. The van der Waals surface area contributed by atoms with Gasteiger partial charge >= 0.3 is 0 Å². The van der Waals surface area contributed by atoms with Gasteiger partial charge in [-0.25, -0.2) is 13.8 Å². The lowest BCUT2D eigenvalue weighted by Gasteiger charge is -2.37. The highest BCUT2D eigenvalue weighted by molar-refractivity contribution is 14.0. The van der Waals surface area contributed by atoms with E-state index in [2.05, 4.69) is 34.4 Å². The second-order valence-corrected chi connectivity index (χ2v) is 6.77. The molecule has 8 heteroatoms. The van der Waals surface area contributed by atoms with Crippen molar-refractivity contribution in [2.45, 2.75) is 33.4 Å². The maximum atomic E-state index is 13.8. The topological polar surface area (TPSA) is 48.9 Å². The number of rotatable bonds is 7. The number of halogens is 3.